The number of rotatable bonds is 2. The van der Waals surface area contributed by atoms with Crippen molar-refractivity contribution in [1.82, 2.24) is 0 Å². The zero-order valence-corrected chi connectivity index (χ0v) is 17.1. The summed E-state index contributed by atoms with van der Waals surface area (Å²) in [5.41, 5.74) is 0.715. The Morgan fingerprint density at radius 3 is 2.88 bits per heavy atom. The smallest absolute Gasteiger partial charge is 0.362 e. The summed E-state index contributed by atoms with van der Waals surface area (Å²) in [6, 6.07) is 1.01. The molecule has 1 aromatic carbocycles. The third-order valence-electron chi connectivity index (χ3n) is 6.12. The number of hydrogen-bond acceptors (Lipinski definition) is 4. The molecule has 1 aromatic rings. The third kappa shape index (κ3) is 3.32. The summed E-state index contributed by atoms with van der Waals surface area (Å²) in [7, 11) is -4.83. The van der Waals surface area contributed by atoms with Crippen molar-refractivity contribution in [2.24, 2.45) is 17.3 Å². The molecule has 0 aromatic heterocycles. The van der Waals surface area contributed by atoms with E-state index in [4.69, 9.17) is 10.0 Å². The molecular formula is C18H22NaO5S. The Balaban J connectivity index is 0.00000240. The van der Waals surface area contributed by atoms with E-state index in [1.807, 2.05) is 6.92 Å². The fourth-order valence-electron chi connectivity index (χ4n) is 4.93. The molecule has 0 amide bonds. The monoisotopic (exact) mass is 377 g/mol. The summed E-state index contributed by atoms with van der Waals surface area (Å²) in [6.07, 6.45) is 0.717. The van der Waals surface area contributed by atoms with E-state index in [-0.39, 0.29) is 71.6 Å². The van der Waals surface area contributed by atoms with Crippen LogP contribution in [0.2, 0.25) is 0 Å². The SMILES string of the molecule is [2H]c1cc2c(c([2H])c1OS(=O)(=O)O)CC[C@@H]1[C@@H]2CC[C@]2(C)C(=O)C([2H])([2H])C[C@@H]12.[Na]. The average molecular weight is 377 g/mol. The van der Waals surface area contributed by atoms with Crippen LogP contribution in [0.15, 0.2) is 18.2 Å². The zero-order chi connectivity index (χ0) is 20.6. The van der Waals surface area contributed by atoms with Crippen molar-refractivity contribution in [3.63, 3.8) is 0 Å². The minimum absolute atomic E-state index is 0. The van der Waals surface area contributed by atoms with Gasteiger partial charge in [0.15, 0.2) is 0 Å². The predicted octanol–water partition coefficient (Wildman–Crippen LogP) is 2.91. The van der Waals surface area contributed by atoms with Crippen LogP contribution in [0.25, 0.3) is 0 Å². The van der Waals surface area contributed by atoms with Gasteiger partial charge in [-0.25, -0.2) is 0 Å². The van der Waals surface area contributed by atoms with Gasteiger partial charge >= 0.3 is 10.4 Å². The molecule has 5 nitrogen and oxygen atoms in total. The molecule has 1 N–H and O–H groups in total. The van der Waals surface area contributed by atoms with Crippen LogP contribution in [0.4, 0.5) is 0 Å². The Bertz CT molecular complexity index is 983. The maximum Gasteiger partial charge on any atom is 0.446 e. The fraction of sp³-hybridized carbons (Fsp3) is 0.611. The van der Waals surface area contributed by atoms with Crippen molar-refractivity contribution in [2.45, 2.75) is 51.3 Å². The van der Waals surface area contributed by atoms with Gasteiger partial charge in [-0.2, -0.15) is 8.42 Å². The molecule has 7 heteroatoms. The second-order valence-corrected chi connectivity index (χ2v) is 8.29. The van der Waals surface area contributed by atoms with E-state index in [0.29, 0.717) is 31.2 Å². The standard InChI is InChI=1S/C18H22O5S.Na/c1-18-9-8-14-13-5-3-12(23-24(20,21)22)10-11(13)2-4-15(14)16(18)6-7-17(18)19;/h3,5,10,14-16H,2,4,6-9H2,1H3,(H,20,21,22);/t14-,15-,16+,18+;/m1./s1/i3D,7D2,10D;. The van der Waals surface area contributed by atoms with E-state index in [0.717, 1.165) is 5.56 Å². The summed E-state index contributed by atoms with van der Waals surface area (Å²) in [4.78, 5) is 12.7. The number of carbonyl (C=O) groups is 1. The second kappa shape index (κ2) is 6.64. The van der Waals surface area contributed by atoms with Gasteiger partial charge < -0.3 is 4.18 Å². The molecule has 25 heavy (non-hydrogen) atoms. The van der Waals surface area contributed by atoms with Gasteiger partial charge in [-0.3, -0.25) is 9.35 Å². The number of carbonyl (C=O) groups excluding carboxylic acids is 1. The normalized spacial score (nSPS) is 38.0. The molecule has 0 heterocycles. The Morgan fingerprint density at radius 1 is 1.40 bits per heavy atom. The van der Waals surface area contributed by atoms with Gasteiger partial charge in [-0.05, 0) is 73.1 Å². The number of hydrogen-bond donors (Lipinski definition) is 1. The van der Waals surface area contributed by atoms with Crippen molar-refractivity contribution in [3.8, 4) is 5.75 Å². The van der Waals surface area contributed by atoms with Gasteiger partial charge in [-0.1, -0.05) is 13.0 Å². The summed E-state index contributed by atoms with van der Waals surface area (Å²) in [5, 5.41) is 0. The van der Waals surface area contributed by atoms with Crippen LogP contribution in [0, 0.1) is 17.3 Å². The zero-order valence-electron chi connectivity index (χ0n) is 18.3. The molecule has 1 radical (unpaired) electrons. The quantitative estimate of drug-likeness (QED) is 0.633. The van der Waals surface area contributed by atoms with E-state index in [1.54, 1.807) is 0 Å². The van der Waals surface area contributed by atoms with E-state index in [1.165, 1.54) is 6.07 Å². The molecule has 2 fully saturated rings. The largest absolute Gasteiger partial charge is 0.446 e. The minimum atomic E-state index is -4.83. The molecule has 0 unspecified atom stereocenters. The van der Waals surface area contributed by atoms with Crippen LogP contribution in [-0.4, -0.2) is 48.3 Å². The fourth-order valence-corrected chi connectivity index (χ4v) is 5.23. The first-order valence-corrected chi connectivity index (χ1v) is 9.56. The molecule has 0 saturated heterocycles. The number of benzene rings is 1. The van der Waals surface area contributed by atoms with Gasteiger partial charge in [0.05, 0.1) is 2.74 Å². The predicted molar refractivity (Wildman–Crippen MR) is 94.0 cm³/mol. The summed E-state index contributed by atoms with van der Waals surface area (Å²) in [6.45, 7) is 1.87. The average Bonchev–Trinajstić information content (AvgIpc) is 2.77. The molecule has 0 aliphatic heterocycles. The Hall–Kier alpha value is -0.400. The molecule has 0 spiro atoms. The van der Waals surface area contributed by atoms with Crippen molar-refractivity contribution in [2.75, 3.05) is 0 Å². The van der Waals surface area contributed by atoms with Gasteiger partial charge in [0.2, 0.25) is 0 Å². The molecular weight excluding hydrogens is 351 g/mol. The van der Waals surface area contributed by atoms with Crippen LogP contribution in [0.5, 0.6) is 5.75 Å². The topological polar surface area (TPSA) is 80.7 Å². The third-order valence-corrected chi connectivity index (χ3v) is 6.49. The first kappa shape index (κ1) is 14.6. The first-order valence-electron chi connectivity index (χ1n) is 10.2. The molecule has 2 saturated carbocycles. The number of ketones is 1. The number of fused-ring (bicyclic) bond motifs is 5. The van der Waals surface area contributed by atoms with Crippen molar-refractivity contribution in [1.29, 1.82) is 0 Å². The van der Waals surface area contributed by atoms with Gasteiger partial charge in [0.1, 0.15) is 11.5 Å². The van der Waals surface area contributed by atoms with Crippen LogP contribution in [0.1, 0.15) is 61.5 Å². The Morgan fingerprint density at radius 2 is 2.16 bits per heavy atom. The second-order valence-electron chi connectivity index (χ2n) is 7.27. The van der Waals surface area contributed by atoms with Crippen LogP contribution in [-0.2, 0) is 21.6 Å². The minimum Gasteiger partial charge on any atom is -0.362 e. The van der Waals surface area contributed by atoms with E-state index >= 15 is 0 Å². The molecule has 3 aliphatic rings. The molecule has 4 rings (SSSR count). The maximum absolute atomic E-state index is 12.7. The van der Waals surface area contributed by atoms with Crippen LogP contribution >= 0.6 is 0 Å². The van der Waals surface area contributed by atoms with Crippen molar-refractivity contribution in [3.05, 3.63) is 29.3 Å². The summed E-state index contributed by atoms with van der Waals surface area (Å²) in [5.74, 6) is -0.795. The summed E-state index contributed by atoms with van der Waals surface area (Å²) < 4.78 is 68.1. The number of Topliss-reactive ketones (excluding diaryl/α,β-unsaturated/α-hetero) is 1. The van der Waals surface area contributed by atoms with Crippen LogP contribution < -0.4 is 4.18 Å². The molecule has 131 valence electrons. The Kier molecular flexibility index (Phi) is 3.89. The molecule has 4 atom stereocenters. The Labute approximate surface area is 176 Å². The van der Waals surface area contributed by atoms with E-state index in [9.17, 15) is 13.2 Å². The molecule has 3 aliphatic carbocycles. The van der Waals surface area contributed by atoms with E-state index in [2.05, 4.69) is 4.18 Å². The summed E-state index contributed by atoms with van der Waals surface area (Å²) >= 11 is 0. The van der Waals surface area contributed by atoms with Gasteiger partial charge in [0, 0.05) is 44.1 Å². The first-order chi connectivity index (χ1) is 12.8. The van der Waals surface area contributed by atoms with Crippen molar-refractivity contribution < 1.29 is 27.4 Å². The van der Waals surface area contributed by atoms with Gasteiger partial charge in [-0.15, -0.1) is 0 Å². The molecule has 0 bridgehead atoms. The van der Waals surface area contributed by atoms with E-state index < -0.39 is 27.9 Å². The van der Waals surface area contributed by atoms with Gasteiger partial charge in [0.25, 0.3) is 0 Å². The maximum atomic E-state index is 12.7. The van der Waals surface area contributed by atoms with Crippen molar-refractivity contribution >= 4 is 45.7 Å². The van der Waals surface area contributed by atoms with Crippen LogP contribution in [0.3, 0.4) is 0 Å².